The van der Waals surface area contributed by atoms with E-state index in [0.717, 1.165) is 24.3 Å². The Morgan fingerprint density at radius 3 is 2.73 bits per heavy atom. The summed E-state index contributed by atoms with van der Waals surface area (Å²) in [6.45, 7) is 2.83. The normalized spacial score (nSPS) is 9.67. The molecule has 1 aromatic carbocycles. The summed E-state index contributed by atoms with van der Waals surface area (Å²) in [5, 5.41) is 2.78. The molecule has 3 nitrogen and oxygen atoms in total. The third kappa shape index (κ3) is 5.32. The second-order valence-corrected chi connectivity index (χ2v) is 4.01. The summed E-state index contributed by atoms with van der Waals surface area (Å²) in [7, 11) is 0. The monoisotopic (exact) mass is 224 g/mol. The lowest BCUT2D eigenvalue weighted by Gasteiger charge is -2.05. The maximum atomic E-state index is 11.2. The number of unbranched alkanes of at least 4 members (excludes halogenated alkanes) is 1. The van der Waals surface area contributed by atoms with Crippen molar-refractivity contribution in [3.8, 4) is 0 Å². The number of carbonyl (C=O) groups excluding carboxylic acids is 1. The average molecular weight is 224 g/mol. The van der Waals surface area contributed by atoms with Crippen LogP contribution in [0.2, 0.25) is 0 Å². The highest BCUT2D eigenvalue weighted by molar-refractivity contribution is 7.98. The van der Waals surface area contributed by atoms with Crippen LogP contribution in [0.4, 0.5) is 4.79 Å². The van der Waals surface area contributed by atoms with Crippen molar-refractivity contribution in [1.82, 2.24) is 10.0 Å². The van der Waals surface area contributed by atoms with Gasteiger partial charge in [-0.1, -0.05) is 31.5 Å². The molecule has 15 heavy (non-hydrogen) atoms. The largest absolute Gasteiger partial charge is 0.337 e. The molecule has 0 radical (unpaired) electrons. The van der Waals surface area contributed by atoms with Gasteiger partial charge in [0.25, 0.3) is 0 Å². The second kappa shape index (κ2) is 7.17. The van der Waals surface area contributed by atoms with E-state index in [1.165, 1.54) is 11.9 Å². The van der Waals surface area contributed by atoms with E-state index < -0.39 is 0 Å². The first-order valence-electron chi connectivity index (χ1n) is 5.08. The van der Waals surface area contributed by atoms with Gasteiger partial charge in [-0.25, -0.2) is 4.79 Å². The topological polar surface area (TPSA) is 41.1 Å². The Bertz CT molecular complexity index is 290. The van der Waals surface area contributed by atoms with E-state index in [9.17, 15) is 4.79 Å². The summed E-state index contributed by atoms with van der Waals surface area (Å²) in [6.07, 6.45) is 2.11. The first kappa shape index (κ1) is 11.9. The number of rotatable bonds is 5. The van der Waals surface area contributed by atoms with Crippen LogP contribution in [0, 0.1) is 0 Å². The average Bonchev–Trinajstić information content (AvgIpc) is 2.28. The number of benzene rings is 1. The van der Waals surface area contributed by atoms with Crippen molar-refractivity contribution in [1.29, 1.82) is 0 Å². The minimum absolute atomic E-state index is 0.127. The van der Waals surface area contributed by atoms with Gasteiger partial charge in [-0.3, -0.25) is 4.72 Å². The van der Waals surface area contributed by atoms with Gasteiger partial charge in [-0.15, -0.1) is 0 Å². The van der Waals surface area contributed by atoms with Crippen LogP contribution in [0.15, 0.2) is 35.2 Å². The van der Waals surface area contributed by atoms with Crippen molar-refractivity contribution >= 4 is 18.0 Å². The molecule has 0 unspecified atom stereocenters. The van der Waals surface area contributed by atoms with Crippen LogP contribution in [0.1, 0.15) is 19.8 Å². The van der Waals surface area contributed by atoms with Crippen molar-refractivity contribution in [2.75, 3.05) is 6.54 Å². The number of hydrogen-bond acceptors (Lipinski definition) is 2. The second-order valence-electron chi connectivity index (χ2n) is 3.13. The molecule has 2 N–H and O–H groups in total. The Morgan fingerprint density at radius 2 is 2.07 bits per heavy atom. The molecule has 0 spiro atoms. The van der Waals surface area contributed by atoms with Crippen LogP contribution in [-0.2, 0) is 0 Å². The van der Waals surface area contributed by atoms with Crippen LogP contribution in [0.3, 0.4) is 0 Å². The standard InChI is InChI=1S/C11H16N2OS/c1-2-3-9-12-11(14)13-15-10-7-5-4-6-8-10/h4-8H,2-3,9H2,1H3,(H2,12,13,14). The van der Waals surface area contributed by atoms with Crippen molar-refractivity contribution < 1.29 is 4.79 Å². The van der Waals surface area contributed by atoms with E-state index >= 15 is 0 Å². The molecule has 0 aliphatic heterocycles. The molecule has 0 aliphatic rings. The molecule has 4 heteroatoms. The molecule has 1 aromatic rings. The fraction of sp³-hybridized carbons (Fsp3) is 0.364. The van der Waals surface area contributed by atoms with Crippen LogP contribution >= 0.6 is 11.9 Å². The Hall–Kier alpha value is -1.16. The fourth-order valence-electron chi connectivity index (χ4n) is 1.01. The minimum atomic E-state index is -0.127. The number of carbonyl (C=O) groups is 1. The van der Waals surface area contributed by atoms with Gasteiger partial charge in [0.05, 0.1) is 0 Å². The Labute approximate surface area is 94.8 Å². The summed E-state index contributed by atoms with van der Waals surface area (Å²) >= 11 is 1.32. The van der Waals surface area contributed by atoms with E-state index in [0.29, 0.717) is 0 Å². The molecule has 2 amide bonds. The van der Waals surface area contributed by atoms with Crippen molar-refractivity contribution in [2.45, 2.75) is 24.7 Å². The van der Waals surface area contributed by atoms with Crippen molar-refractivity contribution in [2.24, 2.45) is 0 Å². The molecule has 1 rings (SSSR count). The van der Waals surface area contributed by atoms with Gasteiger partial charge in [-0.2, -0.15) is 0 Å². The lowest BCUT2D eigenvalue weighted by atomic mass is 10.3. The smallest absolute Gasteiger partial charge is 0.325 e. The van der Waals surface area contributed by atoms with E-state index in [4.69, 9.17) is 0 Å². The molecule has 82 valence electrons. The van der Waals surface area contributed by atoms with E-state index in [2.05, 4.69) is 17.0 Å². The van der Waals surface area contributed by atoms with Gasteiger partial charge in [0.2, 0.25) is 0 Å². The molecule has 0 aromatic heterocycles. The SMILES string of the molecule is CCCCNC(=O)NSc1ccccc1. The Kier molecular flexibility index (Phi) is 5.70. The van der Waals surface area contributed by atoms with E-state index in [-0.39, 0.29) is 6.03 Å². The Balaban J connectivity index is 2.17. The first-order chi connectivity index (χ1) is 7.33. The molecule has 0 saturated carbocycles. The number of amides is 2. The van der Waals surface area contributed by atoms with Gasteiger partial charge in [0, 0.05) is 11.4 Å². The van der Waals surface area contributed by atoms with Crippen LogP contribution in [0.25, 0.3) is 0 Å². The van der Waals surface area contributed by atoms with Crippen LogP contribution in [0.5, 0.6) is 0 Å². The highest BCUT2D eigenvalue weighted by Crippen LogP contribution is 2.12. The van der Waals surface area contributed by atoms with E-state index in [1.54, 1.807) is 0 Å². The summed E-state index contributed by atoms with van der Waals surface area (Å²) in [6, 6.07) is 9.62. The fourth-order valence-corrected chi connectivity index (χ4v) is 1.58. The third-order valence-electron chi connectivity index (χ3n) is 1.82. The van der Waals surface area contributed by atoms with Crippen LogP contribution < -0.4 is 10.0 Å². The maximum absolute atomic E-state index is 11.2. The van der Waals surface area contributed by atoms with Crippen molar-refractivity contribution in [3.05, 3.63) is 30.3 Å². The van der Waals surface area contributed by atoms with Gasteiger partial charge < -0.3 is 5.32 Å². The van der Waals surface area contributed by atoms with Gasteiger partial charge >= 0.3 is 6.03 Å². The zero-order valence-corrected chi connectivity index (χ0v) is 9.64. The first-order valence-corrected chi connectivity index (χ1v) is 5.90. The van der Waals surface area contributed by atoms with Crippen LogP contribution in [-0.4, -0.2) is 12.6 Å². The zero-order chi connectivity index (χ0) is 10.9. The zero-order valence-electron chi connectivity index (χ0n) is 8.82. The number of urea groups is 1. The summed E-state index contributed by atoms with van der Waals surface area (Å²) in [5.41, 5.74) is 0. The summed E-state index contributed by atoms with van der Waals surface area (Å²) in [4.78, 5) is 12.3. The highest BCUT2D eigenvalue weighted by Gasteiger charge is 1.99. The molecule has 0 bridgehead atoms. The maximum Gasteiger partial charge on any atom is 0.325 e. The molecule has 0 aliphatic carbocycles. The predicted molar refractivity (Wildman–Crippen MR) is 63.7 cm³/mol. The molecule has 0 heterocycles. The quantitative estimate of drug-likeness (QED) is 0.596. The third-order valence-corrected chi connectivity index (χ3v) is 2.62. The highest BCUT2D eigenvalue weighted by atomic mass is 32.2. The molecular formula is C11H16N2OS. The number of hydrogen-bond donors (Lipinski definition) is 2. The van der Waals surface area contributed by atoms with E-state index in [1.807, 2.05) is 30.3 Å². The van der Waals surface area contributed by atoms with Crippen molar-refractivity contribution in [3.63, 3.8) is 0 Å². The molecule has 0 saturated heterocycles. The van der Waals surface area contributed by atoms with Gasteiger partial charge in [0.1, 0.15) is 0 Å². The lowest BCUT2D eigenvalue weighted by molar-refractivity contribution is 0.246. The molecular weight excluding hydrogens is 208 g/mol. The Morgan fingerprint density at radius 1 is 1.33 bits per heavy atom. The summed E-state index contributed by atoms with van der Waals surface area (Å²) < 4.78 is 2.72. The number of nitrogens with one attached hydrogen (secondary N) is 2. The van der Waals surface area contributed by atoms with Gasteiger partial charge in [0.15, 0.2) is 0 Å². The lowest BCUT2D eigenvalue weighted by Crippen LogP contribution is -2.31. The molecule has 0 atom stereocenters. The predicted octanol–water partition coefficient (Wildman–Crippen LogP) is 2.79. The molecule has 0 fully saturated rings. The van der Waals surface area contributed by atoms with Gasteiger partial charge in [-0.05, 0) is 30.5 Å². The minimum Gasteiger partial charge on any atom is -0.337 e. The summed E-state index contributed by atoms with van der Waals surface area (Å²) in [5.74, 6) is 0.